The van der Waals surface area contributed by atoms with Crippen molar-refractivity contribution in [2.24, 2.45) is 5.92 Å². The van der Waals surface area contributed by atoms with Gasteiger partial charge in [0.15, 0.2) is 0 Å². The summed E-state index contributed by atoms with van der Waals surface area (Å²) < 4.78 is 5.25. The lowest BCUT2D eigenvalue weighted by molar-refractivity contribution is -0.140. The van der Waals surface area contributed by atoms with Crippen LogP contribution in [0.15, 0.2) is 24.3 Å². The van der Waals surface area contributed by atoms with Gasteiger partial charge in [-0.3, -0.25) is 9.59 Å². The summed E-state index contributed by atoms with van der Waals surface area (Å²) in [5, 5.41) is 2.98. The fourth-order valence-electron chi connectivity index (χ4n) is 2.95. The van der Waals surface area contributed by atoms with E-state index in [1.807, 2.05) is 24.3 Å². The molecule has 5 nitrogen and oxygen atoms in total. The Hall–Kier alpha value is -2.04. The Balaban J connectivity index is 2.16. The Morgan fingerprint density at radius 3 is 2.88 bits per heavy atom. The molecule has 2 rings (SSSR count). The maximum absolute atomic E-state index is 12.6. The van der Waals surface area contributed by atoms with Gasteiger partial charge in [0.25, 0.3) is 0 Å². The van der Waals surface area contributed by atoms with Gasteiger partial charge in [-0.05, 0) is 36.5 Å². The van der Waals surface area contributed by atoms with Crippen LogP contribution in [0, 0.1) is 5.92 Å². The number of nitrogens with one attached hydrogen (secondary N) is 1. The van der Waals surface area contributed by atoms with E-state index in [1.165, 1.54) is 0 Å². The van der Waals surface area contributed by atoms with E-state index in [4.69, 9.17) is 4.74 Å². The summed E-state index contributed by atoms with van der Waals surface area (Å²) in [4.78, 5) is 26.9. The lowest BCUT2D eigenvalue weighted by Crippen LogP contribution is -2.48. The van der Waals surface area contributed by atoms with Gasteiger partial charge in [0.05, 0.1) is 7.11 Å². The summed E-state index contributed by atoms with van der Waals surface area (Å²) >= 11 is 0. The molecule has 1 unspecified atom stereocenters. The van der Waals surface area contributed by atoms with E-state index < -0.39 is 0 Å². The van der Waals surface area contributed by atoms with Crippen LogP contribution < -0.4 is 10.1 Å². The zero-order chi connectivity index (χ0) is 17.5. The minimum Gasteiger partial charge on any atom is -0.497 e. The average molecular weight is 332 g/mol. The van der Waals surface area contributed by atoms with Crippen molar-refractivity contribution in [1.29, 1.82) is 0 Å². The maximum atomic E-state index is 12.6. The highest BCUT2D eigenvalue weighted by Crippen LogP contribution is 2.22. The molecule has 1 aliphatic heterocycles. The summed E-state index contributed by atoms with van der Waals surface area (Å²) in [5.74, 6) is 1.17. The fraction of sp³-hybridized carbons (Fsp3) is 0.579. The molecule has 1 atom stereocenters. The van der Waals surface area contributed by atoms with Crippen LogP contribution >= 0.6 is 0 Å². The van der Waals surface area contributed by atoms with Crippen LogP contribution in [0.3, 0.4) is 0 Å². The third-order valence-electron chi connectivity index (χ3n) is 4.29. The molecular weight excluding hydrogens is 304 g/mol. The van der Waals surface area contributed by atoms with Crippen LogP contribution in [0.4, 0.5) is 0 Å². The number of nitrogens with zero attached hydrogens (tertiary/aromatic N) is 1. The first-order valence-electron chi connectivity index (χ1n) is 8.71. The highest BCUT2D eigenvalue weighted by molar-refractivity contribution is 5.88. The molecule has 1 aromatic carbocycles. The SMILES string of the molecule is COc1cccc(CN2C(=O)CCCCC2C(=O)NCC(C)C)c1. The number of carbonyl (C=O) groups excluding carboxylic acids is 2. The first-order chi connectivity index (χ1) is 11.5. The van der Waals surface area contributed by atoms with Gasteiger partial charge in [-0.1, -0.05) is 32.4 Å². The second-order valence-corrected chi connectivity index (χ2v) is 6.77. The van der Waals surface area contributed by atoms with E-state index in [-0.39, 0.29) is 17.9 Å². The molecule has 0 saturated carbocycles. The van der Waals surface area contributed by atoms with Gasteiger partial charge in [-0.2, -0.15) is 0 Å². The van der Waals surface area contributed by atoms with E-state index in [1.54, 1.807) is 12.0 Å². The Morgan fingerprint density at radius 2 is 2.17 bits per heavy atom. The number of amides is 2. The molecule has 1 heterocycles. The highest BCUT2D eigenvalue weighted by atomic mass is 16.5. The van der Waals surface area contributed by atoms with Crippen molar-refractivity contribution in [3.8, 4) is 5.75 Å². The van der Waals surface area contributed by atoms with Gasteiger partial charge in [-0.15, -0.1) is 0 Å². The summed E-state index contributed by atoms with van der Waals surface area (Å²) in [5.41, 5.74) is 0.978. The molecule has 0 spiro atoms. The van der Waals surface area contributed by atoms with Crippen molar-refractivity contribution in [3.05, 3.63) is 29.8 Å². The summed E-state index contributed by atoms with van der Waals surface area (Å²) in [6.45, 7) is 5.20. The van der Waals surface area contributed by atoms with Crippen molar-refractivity contribution in [2.45, 2.75) is 52.1 Å². The predicted octanol–water partition coefficient (Wildman–Crippen LogP) is 2.74. The minimum atomic E-state index is -0.384. The van der Waals surface area contributed by atoms with E-state index in [2.05, 4.69) is 19.2 Å². The lowest BCUT2D eigenvalue weighted by Gasteiger charge is -2.29. The first-order valence-corrected chi connectivity index (χ1v) is 8.71. The number of ether oxygens (including phenoxy) is 1. The van der Waals surface area contributed by atoms with Crippen molar-refractivity contribution < 1.29 is 14.3 Å². The predicted molar refractivity (Wildman–Crippen MR) is 93.6 cm³/mol. The molecule has 0 bridgehead atoms. The number of carbonyl (C=O) groups is 2. The number of hydrogen-bond acceptors (Lipinski definition) is 3. The van der Waals surface area contributed by atoms with E-state index in [9.17, 15) is 9.59 Å². The Bertz CT molecular complexity index is 571. The Kier molecular flexibility index (Phi) is 6.64. The molecule has 0 radical (unpaired) electrons. The molecule has 0 aliphatic carbocycles. The first kappa shape index (κ1) is 18.3. The van der Waals surface area contributed by atoms with Crippen molar-refractivity contribution in [1.82, 2.24) is 10.2 Å². The molecule has 132 valence electrons. The minimum absolute atomic E-state index is 0.0400. The number of benzene rings is 1. The van der Waals surface area contributed by atoms with Crippen molar-refractivity contribution >= 4 is 11.8 Å². The van der Waals surface area contributed by atoms with E-state index in [0.29, 0.717) is 25.4 Å². The highest BCUT2D eigenvalue weighted by Gasteiger charge is 2.31. The number of rotatable bonds is 6. The zero-order valence-corrected chi connectivity index (χ0v) is 14.9. The summed E-state index contributed by atoms with van der Waals surface area (Å²) in [6.07, 6.45) is 2.99. The molecule has 1 aromatic rings. The fourth-order valence-corrected chi connectivity index (χ4v) is 2.95. The molecule has 0 aromatic heterocycles. The molecule has 2 amide bonds. The molecule has 5 heteroatoms. The van der Waals surface area contributed by atoms with Crippen LogP contribution in [-0.4, -0.2) is 36.4 Å². The smallest absolute Gasteiger partial charge is 0.242 e. The van der Waals surface area contributed by atoms with Gasteiger partial charge in [0.2, 0.25) is 11.8 Å². The second-order valence-electron chi connectivity index (χ2n) is 6.77. The Labute approximate surface area is 144 Å². The average Bonchev–Trinajstić information content (AvgIpc) is 2.75. The molecule has 1 saturated heterocycles. The van der Waals surface area contributed by atoms with Gasteiger partial charge >= 0.3 is 0 Å². The maximum Gasteiger partial charge on any atom is 0.242 e. The van der Waals surface area contributed by atoms with Crippen LogP contribution in [0.25, 0.3) is 0 Å². The standard InChI is InChI=1S/C19H28N2O3/c1-14(2)12-20-19(23)17-9-4-5-10-18(22)21(17)13-15-7-6-8-16(11-15)24-3/h6-8,11,14,17H,4-5,9-10,12-13H2,1-3H3,(H,20,23). The van der Waals surface area contributed by atoms with Crippen molar-refractivity contribution in [3.63, 3.8) is 0 Å². The number of hydrogen-bond donors (Lipinski definition) is 1. The van der Waals surface area contributed by atoms with E-state index in [0.717, 1.165) is 30.6 Å². The van der Waals surface area contributed by atoms with Crippen molar-refractivity contribution in [2.75, 3.05) is 13.7 Å². The van der Waals surface area contributed by atoms with Gasteiger partial charge in [-0.25, -0.2) is 0 Å². The summed E-state index contributed by atoms with van der Waals surface area (Å²) in [7, 11) is 1.62. The monoisotopic (exact) mass is 332 g/mol. The van der Waals surface area contributed by atoms with Gasteiger partial charge in [0.1, 0.15) is 11.8 Å². The number of methoxy groups -OCH3 is 1. The van der Waals surface area contributed by atoms with Crippen LogP contribution in [0.1, 0.15) is 45.1 Å². The molecule has 24 heavy (non-hydrogen) atoms. The van der Waals surface area contributed by atoms with Gasteiger partial charge in [0, 0.05) is 19.5 Å². The quantitative estimate of drug-likeness (QED) is 0.871. The summed E-state index contributed by atoms with van der Waals surface area (Å²) in [6, 6.07) is 7.28. The number of likely N-dealkylation sites (tertiary alicyclic amines) is 1. The van der Waals surface area contributed by atoms with Crippen LogP contribution in [0.2, 0.25) is 0 Å². The lowest BCUT2D eigenvalue weighted by atomic mass is 10.1. The molecular formula is C19H28N2O3. The Morgan fingerprint density at radius 1 is 1.38 bits per heavy atom. The second kappa shape index (κ2) is 8.71. The largest absolute Gasteiger partial charge is 0.497 e. The third kappa shape index (κ3) is 4.98. The molecule has 1 aliphatic rings. The molecule has 1 fully saturated rings. The normalized spacial score (nSPS) is 18.4. The van der Waals surface area contributed by atoms with Gasteiger partial charge < -0.3 is 15.0 Å². The molecule has 1 N–H and O–H groups in total. The topological polar surface area (TPSA) is 58.6 Å². The van der Waals surface area contributed by atoms with Crippen LogP contribution in [0.5, 0.6) is 5.75 Å². The third-order valence-corrected chi connectivity index (χ3v) is 4.29. The van der Waals surface area contributed by atoms with Crippen LogP contribution in [-0.2, 0) is 16.1 Å². The zero-order valence-electron chi connectivity index (χ0n) is 14.9. The van der Waals surface area contributed by atoms with E-state index >= 15 is 0 Å².